The third-order valence-electron chi connectivity index (χ3n) is 3.63. The molecule has 0 saturated carbocycles. The van der Waals surface area contributed by atoms with Crippen LogP contribution >= 0.6 is 35.7 Å². The van der Waals surface area contributed by atoms with Gasteiger partial charge in [0.15, 0.2) is 5.96 Å². The molecule has 1 saturated heterocycles. The number of guanidine groups is 1. The molecule has 0 aliphatic carbocycles. The van der Waals surface area contributed by atoms with Crippen molar-refractivity contribution in [2.75, 3.05) is 46.2 Å². The maximum atomic E-state index is 5.75. The lowest BCUT2D eigenvalue weighted by molar-refractivity contribution is 0.313. The number of ether oxygens (including phenoxy) is 2. The lowest BCUT2D eigenvalue weighted by Crippen LogP contribution is -2.51. The standard InChI is InChI=1S/C17H27N3O2S.HI/c1-17(2)13-20(9-11-23-17)16(18-3)19-8-10-22-15-7-5-6-14(12-15)21-4;/h5-7,12H,8-11,13H2,1-4H3,(H,18,19);1H. The minimum Gasteiger partial charge on any atom is -0.497 e. The second-order valence-electron chi connectivity index (χ2n) is 6.03. The summed E-state index contributed by atoms with van der Waals surface area (Å²) in [7, 11) is 3.49. The van der Waals surface area contributed by atoms with Gasteiger partial charge in [0.2, 0.25) is 0 Å². The maximum Gasteiger partial charge on any atom is 0.193 e. The first kappa shape index (κ1) is 21.2. The number of hydrogen-bond donors (Lipinski definition) is 1. The molecule has 0 spiro atoms. The smallest absolute Gasteiger partial charge is 0.193 e. The van der Waals surface area contributed by atoms with Gasteiger partial charge in [-0.2, -0.15) is 11.8 Å². The second-order valence-corrected chi connectivity index (χ2v) is 7.83. The molecule has 7 heteroatoms. The van der Waals surface area contributed by atoms with Crippen LogP contribution in [0.4, 0.5) is 0 Å². The quantitative estimate of drug-likeness (QED) is 0.314. The number of nitrogens with zero attached hydrogens (tertiary/aromatic N) is 2. The summed E-state index contributed by atoms with van der Waals surface area (Å²) >= 11 is 2.02. The van der Waals surface area contributed by atoms with Gasteiger partial charge in [0, 0.05) is 36.7 Å². The minimum atomic E-state index is 0. The Morgan fingerprint density at radius 3 is 2.79 bits per heavy atom. The third-order valence-corrected chi connectivity index (χ3v) is 4.93. The van der Waals surface area contributed by atoms with Crippen molar-refractivity contribution in [3.63, 3.8) is 0 Å². The number of hydrogen-bond acceptors (Lipinski definition) is 4. The molecule has 0 unspecified atom stereocenters. The van der Waals surface area contributed by atoms with E-state index in [1.807, 2.05) is 43.1 Å². The van der Waals surface area contributed by atoms with Crippen molar-refractivity contribution in [1.82, 2.24) is 10.2 Å². The zero-order valence-electron chi connectivity index (χ0n) is 14.9. The molecular formula is C17H28IN3O2S. The number of rotatable bonds is 5. The van der Waals surface area contributed by atoms with E-state index in [9.17, 15) is 0 Å². The predicted molar refractivity (Wildman–Crippen MR) is 113 cm³/mol. The van der Waals surface area contributed by atoms with Gasteiger partial charge in [0.1, 0.15) is 18.1 Å². The molecule has 24 heavy (non-hydrogen) atoms. The lowest BCUT2D eigenvalue weighted by atomic mass is 10.2. The molecule has 2 rings (SSSR count). The monoisotopic (exact) mass is 465 g/mol. The Kier molecular flexibility index (Phi) is 9.04. The lowest BCUT2D eigenvalue weighted by Gasteiger charge is -2.39. The van der Waals surface area contributed by atoms with Crippen molar-refractivity contribution in [2.45, 2.75) is 18.6 Å². The topological polar surface area (TPSA) is 46.1 Å². The molecular weight excluding hydrogens is 437 g/mol. The average Bonchev–Trinajstić information content (AvgIpc) is 2.54. The summed E-state index contributed by atoms with van der Waals surface area (Å²) in [6, 6.07) is 7.65. The highest BCUT2D eigenvalue weighted by Gasteiger charge is 2.28. The summed E-state index contributed by atoms with van der Waals surface area (Å²) in [5, 5.41) is 3.39. The minimum absolute atomic E-state index is 0. The van der Waals surface area contributed by atoms with E-state index in [2.05, 4.69) is 29.1 Å². The molecule has 5 nitrogen and oxygen atoms in total. The fourth-order valence-electron chi connectivity index (χ4n) is 2.55. The number of thioether (sulfide) groups is 1. The summed E-state index contributed by atoms with van der Waals surface area (Å²) in [6.45, 7) is 7.90. The van der Waals surface area contributed by atoms with Crippen LogP contribution in [0.25, 0.3) is 0 Å². The van der Waals surface area contributed by atoms with Gasteiger partial charge in [0.05, 0.1) is 13.7 Å². The first-order valence-corrected chi connectivity index (χ1v) is 8.89. The largest absolute Gasteiger partial charge is 0.497 e. The SMILES string of the molecule is CN=C(NCCOc1cccc(OC)c1)N1CCSC(C)(C)C1.I. The van der Waals surface area contributed by atoms with Gasteiger partial charge < -0.3 is 19.7 Å². The van der Waals surface area contributed by atoms with E-state index in [1.165, 1.54) is 0 Å². The van der Waals surface area contributed by atoms with E-state index < -0.39 is 0 Å². The average molecular weight is 465 g/mol. The molecule has 0 atom stereocenters. The summed E-state index contributed by atoms with van der Waals surface area (Å²) in [5.41, 5.74) is 0. The van der Waals surface area contributed by atoms with Crippen LogP contribution in [0.2, 0.25) is 0 Å². The highest BCUT2D eigenvalue weighted by atomic mass is 127. The van der Waals surface area contributed by atoms with Crippen molar-refractivity contribution in [3.05, 3.63) is 24.3 Å². The normalized spacial score (nSPS) is 17.0. The van der Waals surface area contributed by atoms with E-state index in [0.29, 0.717) is 13.2 Å². The van der Waals surface area contributed by atoms with Gasteiger partial charge in [-0.25, -0.2) is 0 Å². The van der Waals surface area contributed by atoms with Crippen LogP contribution in [-0.4, -0.2) is 61.8 Å². The summed E-state index contributed by atoms with van der Waals surface area (Å²) in [4.78, 5) is 6.72. The number of nitrogens with one attached hydrogen (secondary N) is 1. The molecule has 1 heterocycles. The molecule has 1 aliphatic rings. The van der Waals surface area contributed by atoms with Gasteiger partial charge >= 0.3 is 0 Å². The summed E-state index contributed by atoms with van der Waals surface area (Å²) in [6.07, 6.45) is 0. The van der Waals surface area contributed by atoms with Crippen LogP contribution in [0.1, 0.15) is 13.8 Å². The molecule has 1 aromatic rings. The number of halogens is 1. The van der Waals surface area contributed by atoms with Gasteiger partial charge in [-0.1, -0.05) is 6.07 Å². The van der Waals surface area contributed by atoms with Gasteiger partial charge in [0.25, 0.3) is 0 Å². The first-order chi connectivity index (χ1) is 11.0. The fraction of sp³-hybridized carbons (Fsp3) is 0.588. The van der Waals surface area contributed by atoms with Crippen LogP contribution in [0.3, 0.4) is 0 Å². The molecule has 0 bridgehead atoms. The van der Waals surface area contributed by atoms with E-state index in [4.69, 9.17) is 9.47 Å². The van der Waals surface area contributed by atoms with Crippen LogP contribution in [0.5, 0.6) is 11.5 Å². The summed E-state index contributed by atoms with van der Waals surface area (Å²) < 4.78 is 11.2. The van der Waals surface area contributed by atoms with Crippen molar-refractivity contribution >= 4 is 41.7 Å². The van der Waals surface area contributed by atoms with E-state index in [-0.39, 0.29) is 28.7 Å². The van der Waals surface area contributed by atoms with Crippen LogP contribution in [0.15, 0.2) is 29.3 Å². The third kappa shape index (κ3) is 6.58. The Labute approximate surface area is 166 Å². The number of methoxy groups -OCH3 is 1. The molecule has 0 amide bonds. The van der Waals surface area contributed by atoms with Gasteiger partial charge in [-0.05, 0) is 26.0 Å². The van der Waals surface area contributed by atoms with E-state index in [1.54, 1.807) is 7.11 Å². The highest BCUT2D eigenvalue weighted by molar-refractivity contribution is 14.0. The molecule has 1 fully saturated rings. The summed E-state index contributed by atoms with van der Waals surface area (Å²) in [5.74, 6) is 3.71. The molecule has 1 N–H and O–H groups in total. The van der Waals surface area contributed by atoms with Gasteiger partial charge in [-0.15, -0.1) is 24.0 Å². The maximum absolute atomic E-state index is 5.75. The molecule has 136 valence electrons. The van der Waals surface area contributed by atoms with Crippen LogP contribution in [-0.2, 0) is 0 Å². The Balaban J connectivity index is 0.00000288. The van der Waals surface area contributed by atoms with Crippen LogP contribution in [0, 0.1) is 0 Å². The van der Waals surface area contributed by atoms with E-state index in [0.717, 1.165) is 36.3 Å². The molecule has 0 radical (unpaired) electrons. The Hall–Kier alpha value is -0.830. The van der Waals surface area contributed by atoms with Crippen molar-refractivity contribution in [2.24, 2.45) is 4.99 Å². The van der Waals surface area contributed by atoms with Crippen molar-refractivity contribution < 1.29 is 9.47 Å². The van der Waals surface area contributed by atoms with Crippen molar-refractivity contribution in [3.8, 4) is 11.5 Å². The van der Waals surface area contributed by atoms with Crippen molar-refractivity contribution in [1.29, 1.82) is 0 Å². The number of aliphatic imine (C=N–C) groups is 1. The second kappa shape index (κ2) is 10.2. The zero-order chi connectivity index (χ0) is 16.7. The van der Waals surface area contributed by atoms with Gasteiger partial charge in [-0.3, -0.25) is 4.99 Å². The highest BCUT2D eigenvalue weighted by Crippen LogP contribution is 2.29. The fourth-order valence-corrected chi connectivity index (χ4v) is 3.66. The number of benzene rings is 1. The molecule has 0 aromatic heterocycles. The Morgan fingerprint density at radius 2 is 2.12 bits per heavy atom. The van der Waals surface area contributed by atoms with Crippen LogP contribution < -0.4 is 14.8 Å². The Morgan fingerprint density at radius 1 is 1.38 bits per heavy atom. The predicted octanol–water partition coefficient (Wildman–Crippen LogP) is 3.09. The van der Waals surface area contributed by atoms with E-state index >= 15 is 0 Å². The Bertz CT molecular complexity index is 540. The zero-order valence-corrected chi connectivity index (χ0v) is 18.0. The molecule has 1 aliphatic heterocycles. The first-order valence-electron chi connectivity index (χ1n) is 7.90. The molecule has 1 aromatic carbocycles.